The highest BCUT2D eigenvalue weighted by Crippen LogP contribution is 2.27. The van der Waals surface area contributed by atoms with Crippen LogP contribution in [0.25, 0.3) is 0 Å². The van der Waals surface area contributed by atoms with Crippen molar-refractivity contribution < 1.29 is 38.0 Å². The molecule has 0 aliphatic carbocycles. The second kappa shape index (κ2) is 19.4. The maximum atomic E-state index is 11.4. The van der Waals surface area contributed by atoms with E-state index in [9.17, 15) is 9.59 Å². The Balaban J connectivity index is 2.43. The van der Waals surface area contributed by atoms with Crippen molar-refractivity contribution in [1.29, 1.82) is 0 Å². The number of benzene rings is 1. The third-order valence-corrected chi connectivity index (χ3v) is 4.94. The van der Waals surface area contributed by atoms with Crippen LogP contribution in [0, 0.1) is 0 Å². The van der Waals surface area contributed by atoms with E-state index in [1.807, 2.05) is 18.2 Å². The molecule has 0 saturated carbocycles. The second-order valence-corrected chi connectivity index (χ2v) is 8.33. The molecule has 0 N–H and O–H groups in total. The molecule has 0 aliphatic rings. The zero-order valence-corrected chi connectivity index (χ0v) is 22.1. The Kier molecular flexibility index (Phi) is 16.8. The Morgan fingerprint density at radius 1 is 0.722 bits per heavy atom. The Morgan fingerprint density at radius 2 is 1.28 bits per heavy atom. The summed E-state index contributed by atoms with van der Waals surface area (Å²) < 4.78 is 32.7. The zero-order chi connectivity index (χ0) is 26.6. The average Bonchev–Trinajstić information content (AvgIpc) is 2.85. The number of aryl methyl sites for hydroxylation is 1. The van der Waals surface area contributed by atoms with Crippen molar-refractivity contribution in [3.63, 3.8) is 0 Å². The fourth-order valence-corrected chi connectivity index (χ4v) is 2.97. The lowest BCUT2D eigenvalue weighted by atomic mass is 10.1. The van der Waals surface area contributed by atoms with E-state index < -0.39 is 11.9 Å². The predicted octanol–water partition coefficient (Wildman–Crippen LogP) is 4.84. The molecule has 0 heterocycles. The zero-order valence-electron chi connectivity index (χ0n) is 22.1. The molecule has 1 rings (SSSR count). The second-order valence-electron chi connectivity index (χ2n) is 8.33. The third kappa shape index (κ3) is 14.5. The molecular weight excluding hydrogens is 464 g/mol. The molecule has 8 heteroatoms. The Labute approximate surface area is 215 Å². The molecule has 0 aliphatic heterocycles. The fourth-order valence-electron chi connectivity index (χ4n) is 2.97. The van der Waals surface area contributed by atoms with Crippen LogP contribution in [0.3, 0.4) is 0 Å². The molecule has 36 heavy (non-hydrogen) atoms. The topological polar surface area (TPSA) is 89.5 Å². The molecule has 0 unspecified atom stereocenters. The van der Waals surface area contributed by atoms with Gasteiger partial charge in [-0.05, 0) is 38.3 Å². The molecule has 0 atom stereocenters. The first-order valence-electron chi connectivity index (χ1n) is 12.5. The summed E-state index contributed by atoms with van der Waals surface area (Å²) >= 11 is 0. The van der Waals surface area contributed by atoms with Crippen molar-refractivity contribution in [2.45, 2.75) is 52.9 Å². The fraction of sp³-hybridized carbons (Fsp3) is 0.571. The lowest BCUT2D eigenvalue weighted by Gasteiger charge is -2.14. The quantitative estimate of drug-likeness (QED) is 0.133. The third-order valence-electron chi connectivity index (χ3n) is 4.94. The molecule has 0 bridgehead atoms. The largest absolute Gasteiger partial charge is 0.491 e. The summed E-state index contributed by atoms with van der Waals surface area (Å²) in [5, 5.41) is 0. The first-order valence-corrected chi connectivity index (χ1v) is 12.5. The first-order chi connectivity index (χ1) is 17.3. The van der Waals surface area contributed by atoms with Crippen LogP contribution >= 0.6 is 0 Å². The first kappa shape index (κ1) is 31.2. The van der Waals surface area contributed by atoms with Crippen LogP contribution in [-0.4, -0.2) is 64.8 Å². The van der Waals surface area contributed by atoms with E-state index >= 15 is 0 Å². The molecule has 202 valence electrons. The minimum absolute atomic E-state index is 0.175. The van der Waals surface area contributed by atoms with Crippen LogP contribution in [0.1, 0.15) is 52.0 Å². The van der Waals surface area contributed by atoms with Gasteiger partial charge < -0.3 is 28.4 Å². The minimum atomic E-state index is -0.422. The Bertz CT molecular complexity index is 818. The van der Waals surface area contributed by atoms with Gasteiger partial charge in [0.2, 0.25) is 0 Å². The molecule has 8 nitrogen and oxygen atoms in total. The van der Waals surface area contributed by atoms with Crippen LogP contribution < -0.4 is 9.47 Å². The molecule has 1 aromatic rings. The van der Waals surface area contributed by atoms with Crippen molar-refractivity contribution in [3.8, 4) is 11.5 Å². The lowest BCUT2D eigenvalue weighted by molar-refractivity contribution is -0.141. The molecule has 0 spiro atoms. The average molecular weight is 507 g/mol. The van der Waals surface area contributed by atoms with E-state index in [1.54, 1.807) is 13.8 Å². The standard InChI is InChI=1S/C28H42O8/c1-6-7-8-9-10-24-11-12-25(33-17-13-31-15-19-35-27(29)22(2)3)21-26(24)34-18-14-32-16-20-36-28(30)23(4)5/h11-12,21H,2,4,6-10,13-20H2,1,3,5H3. The Morgan fingerprint density at radius 3 is 1.83 bits per heavy atom. The molecular formula is C28H42O8. The van der Waals surface area contributed by atoms with Crippen molar-refractivity contribution >= 4 is 11.9 Å². The molecule has 0 saturated heterocycles. The van der Waals surface area contributed by atoms with Gasteiger partial charge in [0.25, 0.3) is 0 Å². The smallest absolute Gasteiger partial charge is 0.333 e. The normalized spacial score (nSPS) is 10.5. The van der Waals surface area contributed by atoms with E-state index in [0.29, 0.717) is 56.5 Å². The summed E-state index contributed by atoms with van der Waals surface area (Å²) in [7, 11) is 0. The van der Waals surface area contributed by atoms with Crippen molar-refractivity contribution in [2.75, 3.05) is 52.9 Å². The predicted molar refractivity (Wildman–Crippen MR) is 138 cm³/mol. The van der Waals surface area contributed by atoms with Crippen LogP contribution in [0.15, 0.2) is 42.5 Å². The van der Waals surface area contributed by atoms with Gasteiger partial charge in [-0.2, -0.15) is 0 Å². The minimum Gasteiger partial charge on any atom is -0.491 e. The molecule has 0 amide bonds. The number of hydrogen-bond acceptors (Lipinski definition) is 8. The van der Waals surface area contributed by atoms with E-state index in [1.165, 1.54) is 19.3 Å². The summed E-state index contributed by atoms with van der Waals surface area (Å²) in [5.41, 5.74) is 1.85. The van der Waals surface area contributed by atoms with Gasteiger partial charge in [0.05, 0.1) is 26.4 Å². The lowest BCUT2D eigenvalue weighted by Crippen LogP contribution is -2.14. The summed E-state index contributed by atoms with van der Waals surface area (Å²) in [6, 6.07) is 5.86. The number of unbranched alkanes of at least 4 members (excludes halogenated alkanes) is 3. The Hall–Kier alpha value is -2.84. The summed E-state index contributed by atoms with van der Waals surface area (Å²) in [6.07, 6.45) is 5.61. The van der Waals surface area contributed by atoms with Gasteiger partial charge in [0.15, 0.2) is 0 Å². The maximum absolute atomic E-state index is 11.4. The molecule has 1 aromatic carbocycles. The molecule has 0 radical (unpaired) electrons. The van der Waals surface area contributed by atoms with Gasteiger partial charge in [-0.15, -0.1) is 0 Å². The molecule has 0 aromatic heterocycles. The van der Waals surface area contributed by atoms with E-state index in [-0.39, 0.29) is 13.2 Å². The van der Waals surface area contributed by atoms with Crippen LogP contribution in [0.5, 0.6) is 11.5 Å². The number of hydrogen-bond donors (Lipinski definition) is 0. The number of esters is 2. The molecule has 0 fully saturated rings. The van der Waals surface area contributed by atoms with E-state index in [2.05, 4.69) is 20.1 Å². The van der Waals surface area contributed by atoms with Gasteiger partial charge in [-0.1, -0.05) is 45.4 Å². The van der Waals surface area contributed by atoms with Crippen molar-refractivity contribution in [2.24, 2.45) is 0 Å². The maximum Gasteiger partial charge on any atom is 0.333 e. The number of ether oxygens (including phenoxy) is 6. The van der Waals surface area contributed by atoms with Crippen molar-refractivity contribution in [3.05, 3.63) is 48.1 Å². The highest BCUT2D eigenvalue weighted by molar-refractivity contribution is 5.87. The van der Waals surface area contributed by atoms with Gasteiger partial charge in [0.1, 0.15) is 37.9 Å². The SMILES string of the molecule is C=C(C)C(=O)OCCOCCOc1ccc(CCCCCC)c(OCCOCCOC(=O)C(=C)C)c1. The van der Waals surface area contributed by atoms with Gasteiger partial charge in [-0.3, -0.25) is 0 Å². The van der Waals surface area contributed by atoms with Crippen molar-refractivity contribution in [1.82, 2.24) is 0 Å². The number of carbonyl (C=O) groups excluding carboxylic acids is 2. The summed E-state index contributed by atoms with van der Waals surface area (Å²) in [6.45, 7) is 14.9. The van der Waals surface area contributed by atoms with Crippen LogP contribution in [0.4, 0.5) is 0 Å². The summed E-state index contributed by atoms with van der Waals surface area (Å²) in [4.78, 5) is 22.7. The van der Waals surface area contributed by atoms with Gasteiger partial charge in [0, 0.05) is 17.2 Å². The number of carbonyl (C=O) groups is 2. The monoisotopic (exact) mass is 506 g/mol. The highest BCUT2D eigenvalue weighted by atomic mass is 16.6. The van der Waals surface area contributed by atoms with Gasteiger partial charge in [-0.25, -0.2) is 9.59 Å². The number of rotatable bonds is 21. The van der Waals surface area contributed by atoms with Crippen LogP contribution in [-0.2, 0) is 35.0 Å². The summed E-state index contributed by atoms with van der Waals surface area (Å²) in [5.74, 6) is 0.617. The highest BCUT2D eigenvalue weighted by Gasteiger charge is 2.08. The van der Waals surface area contributed by atoms with Crippen LogP contribution in [0.2, 0.25) is 0 Å². The van der Waals surface area contributed by atoms with Gasteiger partial charge >= 0.3 is 11.9 Å². The van der Waals surface area contributed by atoms with E-state index in [4.69, 9.17) is 28.4 Å². The van der Waals surface area contributed by atoms with E-state index in [0.717, 1.165) is 24.2 Å².